The summed E-state index contributed by atoms with van der Waals surface area (Å²) in [7, 11) is 0. The normalized spacial score (nSPS) is 14.6. The van der Waals surface area contributed by atoms with Crippen LogP contribution in [0.1, 0.15) is 41.5 Å². The second-order valence-electron chi connectivity index (χ2n) is 9.58. The first-order chi connectivity index (χ1) is 18.6. The van der Waals surface area contributed by atoms with Crippen molar-refractivity contribution in [1.82, 2.24) is 15.5 Å². The van der Waals surface area contributed by atoms with Crippen molar-refractivity contribution in [2.24, 2.45) is 5.92 Å². The molecule has 6 nitrogen and oxygen atoms in total. The van der Waals surface area contributed by atoms with Gasteiger partial charge >= 0.3 is 0 Å². The van der Waals surface area contributed by atoms with Gasteiger partial charge in [0.1, 0.15) is 0 Å². The van der Waals surface area contributed by atoms with Gasteiger partial charge < -0.3 is 15.5 Å². The fourth-order valence-electron chi connectivity index (χ4n) is 4.85. The molecule has 1 aliphatic carbocycles. The third kappa shape index (κ3) is 5.44. The average molecular weight is 512 g/mol. The molecule has 3 aromatic carbocycles. The molecule has 0 unspecified atom stereocenters. The maximum Gasteiger partial charge on any atom is 0.244 e. The van der Waals surface area contributed by atoms with E-state index in [2.05, 4.69) is 27.6 Å². The molecule has 38 heavy (non-hydrogen) atoms. The van der Waals surface area contributed by atoms with E-state index in [1.165, 1.54) is 18.1 Å². The second kappa shape index (κ2) is 11.5. The minimum atomic E-state index is -0.692. The molecule has 1 saturated carbocycles. The molecule has 0 radical (unpaired) electrons. The van der Waals surface area contributed by atoms with Gasteiger partial charge in [-0.3, -0.25) is 9.89 Å². The third-order valence-corrected chi connectivity index (χ3v) is 7.09. The lowest BCUT2D eigenvalue weighted by Crippen LogP contribution is -2.39. The number of hydrogen-bond acceptors (Lipinski definition) is 4. The molecule has 194 valence electrons. The maximum absolute atomic E-state index is 14.5. The average Bonchev–Trinajstić information content (AvgIpc) is 3.30. The van der Waals surface area contributed by atoms with Crippen LogP contribution in [0.3, 0.4) is 0 Å². The largest absolute Gasteiger partial charge is 0.394 e. The zero-order chi connectivity index (χ0) is 26.5. The van der Waals surface area contributed by atoms with Crippen LogP contribution in [0.15, 0.2) is 78.9 Å². The Morgan fingerprint density at radius 3 is 2.37 bits per heavy atom. The lowest BCUT2D eigenvalue weighted by Gasteiger charge is -2.31. The van der Waals surface area contributed by atoms with Crippen molar-refractivity contribution in [3.8, 4) is 0 Å². The Hall–Kier alpha value is -4.07. The van der Waals surface area contributed by atoms with Crippen molar-refractivity contribution in [3.05, 3.63) is 107 Å². The lowest BCUT2D eigenvalue weighted by molar-refractivity contribution is -0.117. The zero-order valence-corrected chi connectivity index (χ0v) is 20.9. The molecule has 4 aromatic rings. The molecular formula is C31H30FN3O3. The van der Waals surface area contributed by atoms with Crippen molar-refractivity contribution >= 4 is 34.0 Å². The molecule has 0 saturated heterocycles. The first kappa shape index (κ1) is 25.6. The van der Waals surface area contributed by atoms with Crippen LogP contribution in [0, 0.1) is 11.9 Å². The van der Waals surface area contributed by atoms with Crippen LogP contribution in [-0.4, -0.2) is 45.6 Å². The summed E-state index contributed by atoms with van der Waals surface area (Å²) in [6.07, 6.45) is 6.46. The summed E-state index contributed by atoms with van der Waals surface area (Å²) >= 11 is 0. The number of halogens is 1. The van der Waals surface area contributed by atoms with Crippen molar-refractivity contribution in [2.75, 3.05) is 13.2 Å². The number of aliphatic hydroxyl groups excluding tert-OH is 2. The first-order valence-electron chi connectivity index (χ1n) is 12.8. The summed E-state index contributed by atoms with van der Waals surface area (Å²) in [4.78, 5) is 12.1. The van der Waals surface area contributed by atoms with Crippen LogP contribution < -0.4 is 5.32 Å². The number of carbonyl (C=O) groups excluding carboxylic acids is 1. The number of rotatable bonds is 9. The highest BCUT2D eigenvalue weighted by atomic mass is 19.1. The topological polar surface area (TPSA) is 98.2 Å². The minimum absolute atomic E-state index is 0.334. The smallest absolute Gasteiger partial charge is 0.244 e. The number of amides is 1. The molecule has 7 heteroatoms. The van der Waals surface area contributed by atoms with E-state index in [0.29, 0.717) is 16.8 Å². The molecule has 0 spiro atoms. The van der Waals surface area contributed by atoms with Gasteiger partial charge in [-0.15, -0.1) is 5.10 Å². The molecule has 0 aliphatic heterocycles. The number of nitrogens with one attached hydrogen (secondary N) is 2. The van der Waals surface area contributed by atoms with Crippen LogP contribution in [0.4, 0.5) is 4.39 Å². The quantitative estimate of drug-likeness (QED) is 0.189. The van der Waals surface area contributed by atoms with Crippen molar-refractivity contribution < 1.29 is 19.4 Å². The molecule has 0 atom stereocenters. The van der Waals surface area contributed by atoms with Crippen LogP contribution in [0.25, 0.3) is 28.1 Å². The lowest BCUT2D eigenvalue weighted by atomic mass is 9.73. The standard InChI is InChI=1S/C31H30FN3O3/c32-31-26-17-24(14-15-27(26)34-35-31)30(29(22-7-4-8-22)21-5-2-1-3-6-21)23-12-9-20(10-13-23)11-16-28(38)33-25(18-36)19-37/h1-3,5-6,9-17,22,25,36-37H,4,7-8,18-19H2,(H,33,38)(H,34,35). The predicted octanol–water partition coefficient (Wildman–Crippen LogP) is 4.94. The van der Waals surface area contributed by atoms with Gasteiger partial charge in [0.15, 0.2) is 0 Å². The van der Waals surface area contributed by atoms with Crippen molar-refractivity contribution in [3.63, 3.8) is 0 Å². The maximum atomic E-state index is 14.5. The molecule has 0 bridgehead atoms. The molecule has 1 amide bonds. The molecular weight excluding hydrogens is 481 g/mol. The van der Waals surface area contributed by atoms with Gasteiger partial charge in [0.05, 0.1) is 30.2 Å². The number of allylic oxidation sites excluding steroid dienone is 1. The van der Waals surface area contributed by atoms with E-state index in [1.54, 1.807) is 6.08 Å². The SMILES string of the molecule is O=C(C=Cc1ccc(C(=C(c2ccccc2)C2CCC2)c2ccc3[nH]nc(F)c3c2)cc1)NC(CO)CO. The van der Waals surface area contributed by atoms with E-state index < -0.39 is 17.9 Å². The van der Waals surface area contributed by atoms with E-state index >= 15 is 0 Å². The third-order valence-electron chi connectivity index (χ3n) is 7.09. The van der Waals surface area contributed by atoms with Crippen LogP contribution in [0.5, 0.6) is 0 Å². The number of aromatic nitrogens is 2. The summed E-state index contributed by atoms with van der Waals surface area (Å²) in [5.41, 5.74) is 6.87. The zero-order valence-electron chi connectivity index (χ0n) is 20.9. The fourth-order valence-corrected chi connectivity index (χ4v) is 4.85. The summed E-state index contributed by atoms with van der Waals surface area (Å²) in [6.45, 7) is -0.668. The number of carbonyl (C=O) groups is 1. The monoisotopic (exact) mass is 511 g/mol. The Bertz CT molecular complexity index is 1470. The van der Waals surface area contributed by atoms with E-state index in [1.807, 2.05) is 60.7 Å². The Balaban J connectivity index is 1.57. The number of aliphatic hydroxyl groups is 2. The molecule has 4 N–H and O–H groups in total. The molecule has 1 aromatic heterocycles. The van der Waals surface area contributed by atoms with Crippen LogP contribution in [0.2, 0.25) is 0 Å². The highest BCUT2D eigenvalue weighted by molar-refractivity contribution is 6.01. The number of aromatic amines is 1. The Morgan fingerprint density at radius 1 is 1.00 bits per heavy atom. The van der Waals surface area contributed by atoms with Crippen LogP contribution in [-0.2, 0) is 4.79 Å². The van der Waals surface area contributed by atoms with Gasteiger partial charge in [0.2, 0.25) is 11.9 Å². The molecule has 1 heterocycles. The van der Waals surface area contributed by atoms with Crippen molar-refractivity contribution in [2.45, 2.75) is 25.3 Å². The number of nitrogens with zero attached hydrogens (tertiary/aromatic N) is 1. The van der Waals surface area contributed by atoms with Gasteiger partial charge in [-0.05, 0) is 70.4 Å². The van der Waals surface area contributed by atoms with E-state index in [0.717, 1.165) is 40.7 Å². The Kier molecular flexibility index (Phi) is 7.77. The van der Waals surface area contributed by atoms with Gasteiger partial charge in [0, 0.05) is 6.08 Å². The summed E-state index contributed by atoms with van der Waals surface area (Å²) in [5, 5.41) is 27.8. The summed E-state index contributed by atoms with van der Waals surface area (Å²) in [6, 6.07) is 23.3. The number of H-pyrrole nitrogens is 1. The van der Waals surface area contributed by atoms with Gasteiger partial charge in [0.25, 0.3) is 0 Å². The van der Waals surface area contributed by atoms with Gasteiger partial charge in [-0.25, -0.2) is 0 Å². The van der Waals surface area contributed by atoms with E-state index in [4.69, 9.17) is 10.2 Å². The Morgan fingerprint density at radius 2 is 1.71 bits per heavy atom. The molecule has 1 aliphatic rings. The van der Waals surface area contributed by atoms with E-state index in [-0.39, 0.29) is 13.2 Å². The predicted molar refractivity (Wildman–Crippen MR) is 147 cm³/mol. The van der Waals surface area contributed by atoms with E-state index in [9.17, 15) is 9.18 Å². The summed E-state index contributed by atoms with van der Waals surface area (Å²) in [5.74, 6) is -0.504. The first-order valence-corrected chi connectivity index (χ1v) is 12.8. The second-order valence-corrected chi connectivity index (χ2v) is 9.58. The van der Waals surface area contributed by atoms with Gasteiger partial charge in [-0.2, -0.15) is 4.39 Å². The van der Waals surface area contributed by atoms with Crippen molar-refractivity contribution in [1.29, 1.82) is 0 Å². The fraction of sp³-hybridized carbons (Fsp3) is 0.226. The van der Waals surface area contributed by atoms with Gasteiger partial charge in [-0.1, -0.05) is 67.1 Å². The van der Waals surface area contributed by atoms with Crippen LogP contribution >= 0.6 is 0 Å². The number of benzene rings is 3. The highest BCUT2D eigenvalue weighted by Gasteiger charge is 2.27. The minimum Gasteiger partial charge on any atom is -0.394 e. The molecule has 1 fully saturated rings. The Labute approximate surface area is 220 Å². The number of fused-ring (bicyclic) bond motifs is 1. The summed E-state index contributed by atoms with van der Waals surface area (Å²) < 4.78 is 14.5. The highest BCUT2D eigenvalue weighted by Crippen LogP contribution is 2.45. The number of hydrogen-bond donors (Lipinski definition) is 4. The molecule has 5 rings (SSSR count).